The predicted molar refractivity (Wildman–Crippen MR) is 65.9 cm³/mol. The fourth-order valence-corrected chi connectivity index (χ4v) is 0.966. The summed E-state index contributed by atoms with van der Waals surface area (Å²) >= 11 is 0. The van der Waals surface area contributed by atoms with Crippen LogP contribution in [0.5, 0.6) is 0 Å². The van der Waals surface area contributed by atoms with Gasteiger partial charge in [-0.3, -0.25) is 0 Å². The van der Waals surface area contributed by atoms with Crippen LogP contribution in [0.25, 0.3) is 0 Å². The Morgan fingerprint density at radius 3 is 1.94 bits per heavy atom. The van der Waals surface area contributed by atoms with Gasteiger partial charge in [0.1, 0.15) is 11.6 Å². The summed E-state index contributed by atoms with van der Waals surface area (Å²) in [4.78, 5) is 0. The maximum atomic E-state index is 12.2. The Labute approximate surface area is 96.9 Å². The highest BCUT2D eigenvalue weighted by molar-refractivity contribution is 5.13. The molecule has 1 aromatic heterocycles. The highest BCUT2D eigenvalue weighted by Crippen LogP contribution is 1.99. The van der Waals surface area contributed by atoms with E-state index in [2.05, 4.69) is 0 Å². The monoisotopic (exact) mass is 222 g/mol. The summed E-state index contributed by atoms with van der Waals surface area (Å²) in [5, 5.41) is 0. The van der Waals surface area contributed by atoms with E-state index in [9.17, 15) is 4.39 Å². The van der Waals surface area contributed by atoms with Crippen LogP contribution >= 0.6 is 0 Å². The standard InChI is InChI=1S/C7H7F.C5H6O.C2H6/c1-6-3-2-4-7(8)5-6;1-5-3-2-4-6-5;1-2/h2-5H,1H3;2-4H,1H3;1-2H3. The first-order valence-corrected chi connectivity index (χ1v) is 5.41. The molecule has 2 aromatic rings. The van der Waals surface area contributed by atoms with Gasteiger partial charge in [0.2, 0.25) is 0 Å². The van der Waals surface area contributed by atoms with Gasteiger partial charge in [0.25, 0.3) is 0 Å². The molecule has 0 spiro atoms. The van der Waals surface area contributed by atoms with Crippen LogP contribution in [0.3, 0.4) is 0 Å². The Bertz CT molecular complexity index is 349. The first-order chi connectivity index (χ1) is 7.68. The van der Waals surface area contributed by atoms with Crippen LogP contribution in [0.15, 0.2) is 47.1 Å². The van der Waals surface area contributed by atoms with Crippen LogP contribution in [0, 0.1) is 19.7 Å². The molecular formula is C14H19FO. The Morgan fingerprint density at radius 2 is 1.69 bits per heavy atom. The molecule has 0 atom stereocenters. The van der Waals surface area contributed by atoms with Crippen LogP contribution in [-0.2, 0) is 0 Å². The Morgan fingerprint density at radius 1 is 1.00 bits per heavy atom. The third-order valence-corrected chi connectivity index (χ3v) is 1.64. The van der Waals surface area contributed by atoms with Gasteiger partial charge in [0, 0.05) is 0 Å². The van der Waals surface area contributed by atoms with E-state index in [0.717, 1.165) is 11.3 Å². The molecule has 0 unspecified atom stereocenters. The average molecular weight is 222 g/mol. The van der Waals surface area contributed by atoms with Crippen molar-refractivity contribution < 1.29 is 8.81 Å². The molecule has 2 heteroatoms. The fraction of sp³-hybridized carbons (Fsp3) is 0.286. The van der Waals surface area contributed by atoms with Crippen molar-refractivity contribution >= 4 is 0 Å². The van der Waals surface area contributed by atoms with Crippen LogP contribution in [0.4, 0.5) is 4.39 Å². The molecule has 1 aromatic carbocycles. The second kappa shape index (κ2) is 8.72. The minimum absolute atomic E-state index is 0.162. The van der Waals surface area contributed by atoms with E-state index >= 15 is 0 Å². The van der Waals surface area contributed by atoms with Crippen molar-refractivity contribution in [3.8, 4) is 0 Å². The van der Waals surface area contributed by atoms with Crippen LogP contribution < -0.4 is 0 Å². The molecule has 0 fully saturated rings. The normalized spacial score (nSPS) is 8.31. The van der Waals surface area contributed by atoms with Gasteiger partial charge < -0.3 is 4.42 Å². The van der Waals surface area contributed by atoms with Gasteiger partial charge in [0.05, 0.1) is 6.26 Å². The number of aryl methyl sites for hydroxylation is 2. The molecule has 0 saturated heterocycles. The average Bonchev–Trinajstić information content (AvgIpc) is 2.73. The molecule has 0 radical (unpaired) electrons. The molecule has 16 heavy (non-hydrogen) atoms. The van der Waals surface area contributed by atoms with Gasteiger partial charge in [-0.05, 0) is 43.7 Å². The molecule has 0 amide bonds. The molecule has 88 valence electrons. The number of halogens is 1. The first-order valence-electron chi connectivity index (χ1n) is 5.41. The highest BCUT2D eigenvalue weighted by Gasteiger charge is 1.84. The summed E-state index contributed by atoms with van der Waals surface area (Å²) in [5.41, 5.74) is 0.963. The third-order valence-electron chi connectivity index (χ3n) is 1.64. The molecular weight excluding hydrogens is 203 g/mol. The van der Waals surface area contributed by atoms with Crippen LogP contribution in [0.1, 0.15) is 25.2 Å². The van der Waals surface area contributed by atoms with Gasteiger partial charge in [-0.25, -0.2) is 4.39 Å². The molecule has 2 rings (SSSR count). The van der Waals surface area contributed by atoms with Gasteiger partial charge in [0.15, 0.2) is 0 Å². The van der Waals surface area contributed by atoms with Gasteiger partial charge >= 0.3 is 0 Å². The maximum absolute atomic E-state index is 12.2. The van der Waals surface area contributed by atoms with E-state index in [1.54, 1.807) is 12.3 Å². The summed E-state index contributed by atoms with van der Waals surface area (Å²) in [5.74, 6) is 0.806. The van der Waals surface area contributed by atoms with Crippen molar-refractivity contribution in [3.63, 3.8) is 0 Å². The lowest BCUT2D eigenvalue weighted by Gasteiger charge is -1.87. The van der Waals surface area contributed by atoms with Crippen molar-refractivity contribution in [2.45, 2.75) is 27.7 Å². The number of hydrogen-bond donors (Lipinski definition) is 0. The lowest BCUT2D eigenvalue weighted by molar-refractivity contribution is 0.534. The zero-order valence-electron chi connectivity index (χ0n) is 10.3. The lowest BCUT2D eigenvalue weighted by Crippen LogP contribution is -1.72. The van der Waals surface area contributed by atoms with Crippen molar-refractivity contribution in [1.29, 1.82) is 0 Å². The number of rotatable bonds is 0. The zero-order valence-corrected chi connectivity index (χ0v) is 10.3. The summed E-state index contributed by atoms with van der Waals surface area (Å²) in [6.07, 6.45) is 1.66. The lowest BCUT2D eigenvalue weighted by atomic mass is 10.2. The molecule has 0 N–H and O–H groups in total. The number of benzene rings is 1. The number of furan rings is 1. The van der Waals surface area contributed by atoms with Crippen molar-refractivity contribution in [1.82, 2.24) is 0 Å². The highest BCUT2D eigenvalue weighted by atomic mass is 19.1. The minimum atomic E-state index is -0.162. The Kier molecular flexibility index (Phi) is 7.86. The fourth-order valence-electron chi connectivity index (χ4n) is 0.966. The van der Waals surface area contributed by atoms with Crippen LogP contribution in [0.2, 0.25) is 0 Å². The van der Waals surface area contributed by atoms with E-state index in [1.807, 2.05) is 45.9 Å². The van der Waals surface area contributed by atoms with E-state index in [4.69, 9.17) is 4.42 Å². The summed E-state index contributed by atoms with van der Waals surface area (Å²) in [7, 11) is 0. The Hall–Kier alpha value is -1.57. The SMILES string of the molecule is CC.Cc1cccc(F)c1.Cc1ccco1. The van der Waals surface area contributed by atoms with Gasteiger partial charge in [-0.2, -0.15) is 0 Å². The largest absolute Gasteiger partial charge is 0.470 e. The second-order valence-corrected chi connectivity index (χ2v) is 3.02. The zero-order chi connectivity index (χ0) is 12.4. The molecule has 0 saturated carbocycles. The maximum Gasteiger partial charge on any atom is 0.123 e. The second-order valence-electron chi connectivity index (χ2n) is 3.02. The summed E-state index contributed by atoms with van der Waals surface area (Å²) < 4.78 is 17.0. The van der Waals surface area contributed by atoms with Gasteiger partial charge in [-0.15, -0.1) is 0 Å². The molecule has 1 nitrogen and oxygen atoms in total. The minimum Gasteiger partial charge on any atom is -0.470 e. The smallest absolute Gasteiger partial charge is 0.123 e. The quantitative estimate of drug-likeness (QED) is 0.627. The molecule has 0 aliphatic rings. The van der Waals surface area contributed by atoms with E-state index < -0.39 is 0 Å². The molecule has 0 bridgehead atoms. The number of hydrogen-bond acceptors (Lipinski definition) is 1. The van der Waals surface area contributed by atoms with Crippen molar-refractivity contribution in [2.75, 3.05) is 0 Å². The third kappa shape index (κ3) is 6.82. The molecule has 0 aliphatic heterocycles. The van der Waals surface area contributed by atoms with E-state index in [1.165, 1.54) is 12.1 Å². The van der Waals surface area contributed by atoms with Crippen LogP contribution in [-0.4, -0.2) is 0 Å². The van der Waals surface area contributed by atoms with E-state index in [0.29, 0.717) is 0 Å². The van der Waals surface area contributed by atoms with Crippen molar-refractivity contribution in [2.24, 2.45) is 0 Å². The van der Waals surface area contributed by atoms with Crippen molar-refractivity contribution in [3.05, 3.63) is 59.8 Å². The molecule has 0 aliphatic carbocycles. The summed E-state index contributed by atoms with van der Waals surface area (Å²) in [6.45, 7) is 7.78. The summed E-state index contributed by atoms with van der Waals surface area (Å²) in [6, 6.07) is 10.3. The molecule has 1 heterocycles. The van der Waals surface area contributed by atoms with Gasteiger partial charge in [-0.1, -0.05) is 26.0 Å². The predicted octanol–water partition coefficient (Wildman–Crippen LogP) is 4.75. The topological polar surface area (TPSA) is 13.1 Å². The Balaban J connectivity index is 0.000000251. The van der Waals surface area contributed by atoms with E-state index in [-0.39, 0.29) is 5.82 Å². The first kappa shape index (κ1) is 14.4.